The molecule has 1 rings (SSSR count). The first-order valence-corrected chi connectivity index (χ1v) is 10.5. The normalized spacial score (nSPS) is 12.3. The number of ether oxygens (including phenoxy) is 2. The lowest BCUT2D eigenvalue weighted by atomic mass is 10.1. The fraction of sp³-hybridized carbons (Fsp3) is 0.619. The van der Waals surface area contributed by atoms with E-state index in [1.807, 2.05) is 13.8 Å². The van der Waals surface area contributed by atoms with E-state index in [9.17, 15) is 14.7 Å². The van der Waals surface area contributed by atoms with Crippen LogP contribution in [0, 0.1) is 5.92 Å². The Kier molecular flexibility index (Phi) is 14.6. The molecule has 0 saturated heterocycles. The van der Waals surface area contributed by atoms with Crippen LogP contribution in [0.15, 0.2) is 18.2 Å². The molecular formula is C21H35NO7S. The first-order chi connectivity index (χ1) is 14.2. The van der Waals surface area contributed by atoms with E-state index in [0.717, 1.165) is 6.42 Å². The molecule has 0 aromatic heterocycles. The van der Waals surface area contributed by atoms with Gasteiger partial charge in [-0.3, -0.25) is 4.79 Å². The molecule has 0 saturated carbocycles. The lowest BCUT2D eigenvalue weighted by Gasteiger charge is -2.21. The summed E-state index contributed by atoms with van der Waals surface area (Å²) in [5, 5.41) is 21.4. The van der Waals surface area contributed by atoms with Crippen molar-refractivity contribution >= 4 is 30.5 Å². The van der Waals surface area contributed by atoms with E-state index in [0.29, 0.717) is 36.1 Å². The summed E-state index contributed by atoms with van der Waals surface area (Å²) in [5.74, 6) is -0.757. The molecule has 0 heterocycles. The highest BCUT2D eigenvalue weighted by molar-refractivity contribution is 7.75. The van der Waals surface area contributed by atoms with Gasteiger partial charge < -0.3 is 29.2 Å². The number of benzene rings is 1. The van der Waals surface area contributed by atoms with Crippen molar-refractivity contribution in [1.82, 2.24) is 0 Å². The second-order valence-corrected chi connectivity index (χ2v) is 7.03. The standard InChI is InChI=1S/C19H29NO7S.C2H6/c1-12(2)7-9-25-15-5-4-6-16(26-10-8-13(3)21)18(15)20-14(11-17(22)23)19(24)27-28;1-2/h4-6,12-14,20-21,28H,7-11H2,1-3H3,(H,22,23);1-2H3. The fourth-order valence-corrected chi connectivity index (χ4v) is 2.37. The maximum Gasteiger partial charge on any atom is 0.340 e. The van der Waals surface area contributed by atoms with Gasteiger partial charge in [0.2, 0.25) is 0 Å². The van der Waals surface area contributed by atoms with Crippen molar-refractivity contribution in [3.63, 3.8) is 0 Å². The summed E-state index contributed by atoms with van der Waals surface area (Å²) in [6.45, 7) is 10.5. The Hall–Kier alpha value is -2.13. The van der Waals surface area contributed by atoms with Crippen molar-refractivity contribution in [1.29, 1.82) is 0 Å². The molecule has 9 heteroatoms. The average molecular weight is 446 g/mol. The third-order valence-electron chi connectivity index (χ3n) is 3.81. The van der Waals surface area contributed by atoms with Gasteiger partial charge in [-0.15, -0.1) is 0 Å². The number of anilines is 1. The van der Waals surface area contributed by atoms with Gasteiger partial charge in [0.05, 0.1) is 25.7 Å². The molecule has 0 aliphatic heterocycles. The molecule has 8 nitrogen and oxygen atoms in total. The topological polar surface area (TPSA) is 114 Å². The van der Waals surface area contributed by atoms with Crippen LogP contribution in [-0.4, -0.2) is 47.5 Å². The van der Waals surface area contributed by atoms with Crippen LogP contribution in [0.5, 0.6) is 11.5 Å². The predicted molar refractivity (Wildman–Crippen MR) is 119 cm³/mol. The monoisotopic (exact) mass is 445 g/mol. The molecule has 0 fully saturated rings. The number of carbonyl (C=O) groups excluding carboxylic acids is 1. The smallest absolute Gasteiger partial charge is 0.340 e. The number of carboxylic acids is 1. The zero-order valence-corrected chi connectivity index (χ0v) is 19.3. The SMILES string of the molecule is CC.CC(C)CCOc1cccc(OCCC(C)O)c1NC(CC(=O)O)C(=O)OS. The van der Waals surface area contributed by atoms with Crippen LogP contribution in [0.3, 0.4) is 0 Å². The zero-order valence-electron chi connectivity index (χ0n) is 18.4. The largest absolute Gasteiger partial charge is 0.491 e. The van der Waals surface area contributed by atoms with E-state index in [1.54, 1.807) is 25.1 Å². The van der Waals surface area contributed by atoms with Gasteiger partial charge in [-0.25, -0.2) is 4.79 Å². The van der Waals surface area contributed by atoms with Gasteiger partial charge in [0.15, 0.2) is 0 Å². The van der Waals surface area contributed by atoms with Gasteiger partial charge in [-0.1, -0.05) is 33.8 Å². The summed E-state index contributed by atoms with van der Waals surface area (Å²) >= 11 is 3.48. The predicted octanol–water partition coefficient (Wildman–Crippen LogP) is 3.93. The Morgan fingerprint density at radius 3 is 2.03 bits per heavy atom. The van der Waals surface area contributed by atoms with Crippen LogP contribution < -0.4 is 14.8 Å². The van der Waals surface area contributed by atoms with Gasteiger partial charge in [0.25, 0.3) is 0 Å². The average Bonchev–Trinajstić information content (AvgIpc) is 2.69. The number of rotatable bonds is 13. The maximum absolute atomic E-state index is 11.9. The van der Waals surface area contributed by atoms with Crippen LogP contribution in [-0.2, 0) is 13.8 Å². The van der Waals surface area contributed by atoms with Gasteiger partial charge in [-0.05, 0) is 31.4 Å². The van der Waals surface area contributed by atoms with Gasteiger partial charge >= 0.3 is 11.9 Å². The summed E-state index contributed by atoms with van der Waals surface area (Å²) in [6.07, 6.45) is 0.201. The Morgan fingerprint density at radius 2 is 1.60 bits per heavy atom. The molecule has 1 aromatic rings. The summed E-state index contributed by atoms with van der Waals surface area (Å²) in [7, 11) is 0. The third kappa shape index (κ3) is 11.2. The fourth-order valence-electron chi connectivity index (χ4n) is 2.24. The quantitative estimate of drug-likeness (QED) is 0.267. The van der Waals surface area contributed by atoms with E-state index in [2.05, 4.69) is 36.3 Å². The molecule has 3 N–H and O–H groups in total. The zero-order chi connectivity index (χ0) is 23.1. The lowest BCUT2D eigenvalue weighted by Crippen LogP contribution is -2.32. The summed E-state index contributed by atoms with van der Waals surface area (Å²) < 4.78 is 15.9. The van der Waals surface area contributed by atoms with Gasteiger partial charge in [-0.2, -0.15) is 0 Å². The Labute approximate surface area is 184 Å². The Balaban J connectivity index is 0.00000407. The van der Waals surface area contributed by atoms with Crippen molar-refractivity contribution in [2.45, 2.75) is 66.0 Å². The number of carbonyl (C=O) groups is 2. The van der Waals surface area contributed by atoms with Crippen LogP contribution in [0.2, 0.25) is 0 Å². The lowest BCUT2D eigenvalue weighted by molar-refractivity contribution is -0.142. The number of hydrogen-bond acceptors (Lipinski definition) is 8. The van der Waals surface area contributed by atoms with Crippen molar-refractivity contribution in [3.05, 3.63) is 18.2 Å². The minimum atomic E-state index is -1.18. The van der Waals surface area contributed by atoms with E-state index in [-0.39, 0.29) is 6.61 Å². The molecule has 2 unspecified atom stereocenters. The van der Waals surface area contributed by atoms with Crippen LogP contribution in [0.4, 0.5) is 5.69 Å². The highest BCUT2D eigenvalue weighted by Gasteiger charge is 2.26. The molecule has 0 aliphatic rings. The second kappa shape index (κ2) is 15.7. The highest BCUT2D eigenvalue weighted by atomic mass is 32.1. The number of carboxylic acid groups (broad SMARTS) is 1. The molecule has 0 bridgehead atoms. The van der Waals surface area contributed by atoms with E-state index in [4.69, 9.17) is 14.6 Å². The summed E-state index contributed by atoms with van der Waals surface area (Å²) in [4.78, 5) is 23.1. The number of aliphatic hydroxyl groups is 1. The van der Waals surface area contributed by atoms with Crippen LogP contribution >= 0.6 is 12.9 Å². The second-order valence-electron chi connectivity index (χ2n) is 6.85. The molecule has 0 aliphatic carbocycles. The molecule has 0 spiro atoms. The number of hydrogen-bond donors (Lipinski definition) is 4. The third-order valence-corrected chi connectivity index (χ3v) is 3.99. The molecule has 2 atom stereocenters. The summed E-state index contributed by atoms with van der Waals surface area (Å²) in [5.41, 5.74) is 0.349. The molecule has 0 amide bonds. The van der Waals surface area contributed by atoms with Crippen LogP contribution in [0.1, 0.15) is 53.9 Å². The molecule has 0 radical (unpaired) electrons. The van der Waals surface area contributed by atoms with Crippen molar-refractivity contribution in [3.8, 4) is 11.5 Å². The van der Waals surface area contributed by atoms with E-state index in [1.165, 1.54) is 0 Å². The number of aliphatic hydroxyl groups excluding tert-OH is 1. The van der Waals surface area contributed by atoms with Crippen LogP contribution in [0.25, 0.3) is 0 Å². The van der Waals surface area contributed by atoms with Crippen molar-refractivity contribution in [2.75, 3.05) is 18.5 Å². The molecular weight excluding hydrogens is 410 g/mol. The van der Waals surface area contributed by atoms with E-state index < -0.39 is 30.5 Å². The van der Waals surface area contributed by atoms with Crippen molar-refractivity contribution < 1.29 is 33.5 Å². The minimum absolute atomic E-state index is 0.238. The van der Waals surface area contributed by atoms with Crippen molar-refractivity contribution in [2.24, 2.45) is 5.92 Å². The Bertz CT molecular complexity index is 606. The van der Waals surface area contributed by atoms with Gasteiger partial charge in [0, 0.05) is 19.3 Å². The first kappa shape index (κ1) is 27.9. The van der Waals surface area contributed by atoms with E-state index >= 15 is 0 Å². The number of thiol groups is 1. The Morgan fingerprint density at radius 1 is 1.07 bits per heavy atom. The number of nitrogens with one attached hydrogen (secondary N) is 1. The first-order valence-electron chi connectivity index (χ1n) is 10.1. The molecule has 30 heavy (non-hydrogen) atoms. The highest BCUT2D eigenvalue weighted by Crippen LogP contribution is 2.36. The molecule has 172 valence electrons. The maximum atomic E-state index is 11.9. The number of aliphatic carboxylic acids is 1. The minimum Gasteiger partial charge on any atom is -0.491 e. The number of para-hydroxylation sites is 1. The summed E-state index contributed by atoms with van der Waals surface area (Å²) in [6, 6.07) is 3.93. The van der Waals surface area contributed by atoms with Gasteiger partial charge in [0.1, 0.15) is 23.2 Å². The molecule has 1 aromatic carbocycles.